The number of hydrogen-bond acceptors (Lipinski definition) is 4. The maximum Gasteiger partial charge on any atom is 0.211 e. The highest BCUT2D eigenvalue weighted by atomic mass is 32.2. The van der Waals surface area contributed by atoms with Crippen LogP contribution < -0.4 is 4.72 Å². The lowest BCUT2D eigenvalue weighted by atomic mass is 10.2. The Balaban J connectivity index is 2.63. The van der Waals surface area contributed by atoms with E-state index in [1.54, 1.807) is 0 Å². The van der Waals surface area contributed by atoms with E-state index in [1.165, 1.54) is 4.31 Å². The lowest BCUT2D eigenvalue weighted by Crippen LogP contribution is -2.42. The molecular weight excluding hydrogens is 240 g/mol. The first-order chi connectivity index (χ1) is 6.70. The van der Waals surface area contributed by atoms with Gasteiger partial charge in [0.15, 0.2) is 0 Å². The molecule has 1 aliphatic heterocycles. The third-order valence-corrected chi connectivity index (χ3v) is 4.35. The molecule has 1 rings (SSSR count). The molecule has 0 aromatic heterocycles. The molecule has 0 aliphatic carbocycles. The van der Waals surface area contributed by atoms with Crippen LogP contribution in [-0.2, 0) is 20.0 Å². The highest BCUT2D eigenvalue weighted by Crippen LogP contribution is 2.19. The van der Waals surface area contributed by atoms with Crippen LogP contribution in [0.1, 0.15) is 12.8 Å². The lowest BCUT2D eigenvalue weighted by molar-refractivity contribution is 0.388. The van der Waals surface area contributed by atoms with E-state index in [2.05, 4.69) is 4.72 Å². The van der Waals surface area contributed by atoms with Crippen LogP contribution in [0.15, 0.2) is 0 Å². The molecule has 0 aromatic carbocycles. The van der Waals surface area contributed by atoms with Crippen LogP contribution in [0.2, 0.25) is 0 Å². The predicted molar refractivity (Wildman–Crippen MR) is 57.4 cm³/mol. The van der Waals surface area contributed by atoms with E-state index in [0.29, 0.717) is 13.0 Å². The van der Waals surface area contributed by atoms with Crippen molar-refractivity contribution in [1.29, 1.82) is 0 Å². The zero-order chi connectivity index (χ0) is 11.7. The smallest absolute Gasteiger partial charge is 0.211 e. The summed E-state index contributed by atoms with van der Waals surface area (Å²) in [7, 11) is -6.47. The largest absolute Gasteiger partial charge is 0.214 e. The predicted octanol–water partition coefficient (Wildman–Crippen LogP) is -1.04. The lowest BCUT2D eigenvalue weighted by Gasteiger charge is -2.21. The van der Waals surface area contributed by atoms with Crippen molar-refractivity contribution in [3.8, 4) is 0 Å². The molecule has 1 aliphatic rings. The average molecular weight is 256 g/mol. The van der Waals surface area contributed by atoms with E-state index < -0.39 is 20.0 Å². The van der Waals surface area contributed by atoms with Gasteiger partial charge >= 0.3 is 0 Å². The quantitative estimate of drug-likeness (QED) is 0.696. The SMILES string of the molecule is CS(=O)(=O)NCC1CCCN1S(C)(=O)=O. The molecule has 1 fully saturated rings. The molecule has 90 valence electrons. The molecule has 1 atom stereocenters. The van der Waals surface area contributed by atoms with Crippen LogP contribution in [0.5, 0.6) is 0 Å². The van der Waals surface area contributed by atoms with Gasteiger partial charge in [0.2, 0.25) is 20.0 Å². The fourth-order valence-electron chi connectivity index (χ4n) is 1.70. The van der Waals surface area contributed by atoms with Gasteiger partial charge in [-0.25, -0.2) is 21.6 Å². The van der Waals surface area contributed by atoms with E-state index in [-0.39, 0.29) is 12.6 Å². The van der Waals surface area contributed by atoms with E-state index >= 15 is 0 Å². The number of sulfonamides is 2. The molecular formula is C7H16N2O4S2. The molecule has 0 saturated carbocycles. The van der Waals surface area contributed by atoms with Crippen molar-refractivity contribution >= 4 is 20.0 Å². The van der Waals surface area contributed by atoms with Crippen molar-refractivity contribution in [2.45, 2.75) is 18.9 Å². The summed E-state index contributed by atoms with van der Waals surface area (Å²) in [6.45, 7) is 0.640. The first-order valence-corrected chi connectivity index (χ1v) is 8.35. The van der Waals surface area contributed by atoms with Gasteiger partial charge in [-0.05, 0) is 12.8 Å². The van der Waals surface area contributed by atoms with Crippen molar-refractivity contribution in [1.82, 2.24) is 9.03 Å². The fourth-order valence-corrected chi connectivity index (χ4v) is 3.37. The topological polar surface area (TPSA) is 83.6 Å². The van der Waals surface area contributed by atoms with Gasteiger partial charge in [-0.2, -0.15) is 4.31 Å². The Morgan fingerprint density at radius 2 is 1.87 bits per heavy atom. The molecule has 1 heterocycles. The minimum atomic E-state index is -3.25. The normalized spacial score (nSPS) is 24.5. The van der Waals surface area contributed by atoms with Gasteiger partial charge in [-0.3, -0.25) is 0 Å². The number of nitrogens with zero attached hydrogens (tertiary/aromatic N) is 1. The van der Waals surface area contributed by atoms with Crippen LogP contribution in [0, 0.1) is 0 Å². The second-order valence-electron chi connectivity index (χ2n) is 3.79. The third-order valence-electron chi connectivity index (χ3n) is 2.33. The molecule has 6 nitrogen and oxygen atoms in total. The van der Waals surface area contributed by atoms with Crippen LogP contribution in [0.25, 0.3) is 0 Å². The molecule has 0 radical (unpaired) electrons. The molecule has 1 unspecified atom stereocenters. The van der Waals surface area contributed by atoms with Crippen LogP contribution in [0.3, 0.4) is 0 Å². The van der Waals surface area contributed by atoms with Crippen molar-refractivity contribution in [2.24, 2.45) is 0 Å². The first-order valence-electron chi connectivity index (χ1n) is 4.61. The Labute approximate surface area is 90.8 Å². The summed E-state index contributed by atoms with van der Waals surface area (Å²) in [5.41, 5.74) is 0. The van der Waals surface area contributed by atoms with Crippen molar-refractivity contribution < 1.29 is 16.8 Å². The maximum atomic E-state index is 11.3. The summed E-state index contributed by atoms with van der Waals surface area (Å²) in [5.74, 6) is 0. The van der Waals surface area contributed by atoms with Crippen molar-refractivity contribution in [2.75, 3.05) is 25.6 Å². The van der Waals surface area contributed by atoms with Crippen LogP contribution >= 0.6 is 0 Å². The molecule has 15 heavy (non-hydrogen) atoms. The van der Waals surface area contributed by atoms with Crippen LogP contribution in [0.4, 0.5) is 0 Å². The molecule has 0 bridgehead atoms. The van der Waals surface area contributed by atoms with Crippen LogP contribution in [-0.4, -0.2) is 52.8 Å². The second-order valence-corrected chi connectivity index (χ2v) is 7.56. The minimum Gasteiger partial charge on any atom is -0.214 e. The zero-order valence-corrected chi connectivity index (χ0v) is 10.4. The summed E-state index contributed by atoms with van der Waals surface area (Å²) in [4.78, 5) is 0. The summed E-state index contributed by atoms with van der Waals surface area (Å²) in [6, 6.07) is -0.241. The fraction of sp³-hybridized carbons (Fsp3) is 1.00. The van der Waals surface area contributed by atoms with E-state index in [4.69, 9.17) is 0 Å². The van der Waals surface area contributed by atoms with Gasteiger partial charge < -0.3 is 0 Å². The monoisotopic (exact) mass is 256 g/mol. The first kappa shape index (κ1) is 12.9. The third kappa shape index (κ3) is 4.06. The summed E-state index contributed by atoms with van der Waals surface area (Å²) >= 11 is 0. The molecule has 0 amide bonds. The van der Waals surface area contributed by atoms with Crippen molar-refractivity contribution in [3.63, 3.8) is 0 Å². The summed E-state index contributed by atoms with van der Waals surface area (Å²) in [6.07, 6.45) is 3.69. The average Bonchev–Trinajstić information content (AvgIpc) is 2.45. The Bertz CT molecular complexity index is 414. The maximum absolute atomic E-state index is 11.3. The highest BCUT2D eigenvalue weighted by molar-refractivity contribution is 7.89. The Hall–Kier alpha value is -0.180. The van der Waals surface area contributed by atoms with Gasteiger partial charge in [-0.15, -0.1) is 0 Å². The van der Waals surface area contributed by atoms with Crippen molar-refractivity contribution in [3.05, 3.63) is 0 Å². The number of hydrogen-bond donors (Lipinski definition) is 1. The standard InChI is InChI=1S/C7H16N2O4S2/c1-14(10,11)8-6-7-4-3-5-9(7)15(2,12)13/h7-8H,3-6H2,1-2H3. The van der Waals surface area contributed by atoms with Gasteiger partial charge in [0.1, 0.15) is 0 Å². The number of rotatable bonds is 4. The van der Waals surface area contributed by atoms with Gasteiger partial charge in [0, 0.05) is 19.1 Å². The Morgan fingerprint density at radius 1 is 1.27 bits per heavy atom. The van der Waals surface area contributed by atoms with E-state index in [0.717, 1.165) is 18.9 Å². The molecule has 1 N–H and O–H groups in total. The summed E-state index contributed by atoms with van der Waals surface area (Å²) < 4.78 is 48.0. The molecule has 1 saturated heterocycles. The second kappa shape index (κ2) is 4.36. The zero-order valence-electron chi connectivity index (χ0n) is 8.80. The Kier molecular flexibility index (Phi) is 3.75. The number of nitrogens with one attached hydrogen (secondary N) is 1. The summed E-state index contributed by atoms with van der Waals surface area (Å²) in [5, 5.41) is 0. The van der Waals surface area contributed by atoms with E-state index in [1.807, 2.05) is 0 Å². The molecule has 0 aromatic rings. The van der Waals surface area contributed by atoms with Gasteiger partial charge in [0.25, 0.3) is 0 Å². The highest BCUT2D eigenvalue weighted by Gasteiger charge is 2.31. The van der Waals surface area contributed by atoms with Gasteiger partial charge in [-0.1, -0.05) is 0 Å². The minimum absolute atomic E-state index is 0.159. The molecule has 0 spiro atoms. The van der Waals surface area contributed by atoms with E-state index in [9.17, 15) is 16.8 Å². The Morgan fingerprint density at radius 3 is 2.33 bits per heavy atom. The van der Waals surface area contributed by atoms with Gasteiger partial charge in [0.05, 0.1) is 12.5 Å². The molecule has 8 heteroatoms.